The molecule has 0 aromatic heterocycles. The van der Waals surface area contributed by atoms with Crippen molar-refractivity contribution < 1.29 is 9.84 Å². The molecule has 1 unspecified atom stereocenters. The lowest BCUT2D eigenvalue weighted by molar-refractivity contribution is 0.105. The summed E-state index contributed by atoms with van der Waals surface area (Å²) in [6, 6.07) is 5.20. The normalized spacial score (nSPS) is 17.7. The van der Waals surface area contributed by atoms with Crippen LogP contribution in [0.25, 0.3) is 0 Å². The average molecular weight is 350 g/mol. The van der Waals surface area contributed by atoms with Gasteiger partial charge >= 0.3 is 0 Å². The van der Waals surface area contributed by atoms with Gasteiger partial charge in [0.05, 0.1) is 10.0 Å². The molecule has 2 N–H and O–H groups in total. The van der Waals surface area contributed by atoms with Gasteiger partial charge < -0.3 is 15.2 Å². The van der Waals surface area contributed by atoms with E-state index in [-0.39, 0.29) is 6.61 Å². The Labute approximate surface area is 140 Å². The first kappa shape index (κ1) is 17.2. The fourth-order valence-corrected chi connectivity index (χ4v) is 3.97. The minimum atomic E-state index is -0.574. The summed E-state index contributed by atoms with van der Waals surface area (Å²) in [6.07, 6.45) is 1.95. The van der Waals surface area contributed by atoms with E-state index in [2.05, 4.69) is 5.32 Å². The van der Waals surface area contributed by atoms with Crippen LogP contribution in [-0.4, -0.2) is 42.4 Å². The first-order valence-electron chi connectivity index (χ1n) is 7.20. The molecule has 1 aromatic rings. The van der Waals surface area contributed by atoms with Crippen LogP contribution in [0.3, 0.4) is 0 Å². The molecule has 0 bridgehead atoms. The highest BCUT2D eigenvalue weighted by atomic mass is 35.5. The fourth-order valence-electron chi connectivity index (χ4n) is 2.26. The van der Waals surface area contributed by atoms with Gasteiger partial charge in [0.2, 0.25) is 0 Å². The molecular formula is C15H21Cl2NO2S. The third-order valence-electron chi connectivity index (χ3n) is 3.49. The lowest BCUT2D eigenvalue weighted by Gasteiger charge is -2.22. The van der Waals surface area contributed by atoms with E-state index >= 15 is 0 Å². The summed E-state index contributed by atoms with van der Waals surface area (Å²) in [5.74, 6) is 3.67. The second-order valence-corrected chi connectivity index (χ2v) is 7.27. The number of para-hydroxylation sites is 1. The number of nitrogens with one attached hydrogen (secondary N) is 1. The molecule has 3 nitrogen and oxygen atoms in total. The Bertz CT molecular complexity index is 421. The van der Waals surface area contributed by atoms with Crippen molar-refractivity contribution in [2.75, 3.05) is 31.2 Å². The van der Waals surface area contributed by atoms with Gasteiger partial charge in [0, 0.05) is 6.54 Å². The van der Waals surface area contributed by atoms with E-state index in [1.54, 1.807) is 18.2 Å². The van der Waals surface area contributed by atoms with Crippen LogP contribution in [0.1, 0.15) is 12.8 Å². The maximum absolute atomic E-state index is 9.94. The first-order chi connectivity index (χ1) is 10.2. The van der Waals surface area contributed by atoms with Crippen LogP contribution in [-0.2, 0) is 0 Å². The van der Waals surface area contributed by atoms with Crippen molar-refractivity contribution in [1.82, 2.24) is 5.32 Å². The van der Waals surface area contributed by atoms with Crippen LogP contribution in [0.2, 0.25) is 10.0 Å². The molecule has 2 rings (SSSR count). The van der Waals surface area contributed by atoms with Crippen LogP contribution in [0.4, 0.5) is 0 Å². The van der Waals surface area contributed by atoms with Crippen molar-refractivity contribution in [2.45, 2.75) is 18.9 Å². The van der Waals surface area contributed by atoms with E-state index in [4.69, 9.17) is 27.9 Å². The van der Waals surface area contributed by atoms with Gasteiger partial charge in [-0.1, -0.05) is 29.3 Å². The van der Waals surface area contributed by atoms with E-state index in [1.165, 1.54) is 24.3 Å². The van der Waals surface area contributed by atoms with Crippen LogP contribution in [0.5, 0.6) is 5.75 Å². The van der Waals surface area contributed by atoms with Crippen molar-refractivity contribution in [3.8, 4) is 5.75 Å². The van der Waals surface area contributed by atoms with Crippen LogP contribution in [0.15, 0.2) is 18.2 Å². The SMILES string of the molecule is OC(CNCC1CCSCC1)COc1c(Cl)cccc1Cl. The summed E-state index contributed by atoms with van der Waals surface area (Å²) in [5, 5.41) is 14.2. The van der Waals surface area contributed by atoms with Gasteiger partial charge in [0.1, 0.15) is 12.7 Å². The Balaban J connectivity index is 1.66. The molecule has 0 radical (unpaired) electrons. The van der Waals surface area contributed by atoms with Crippen molar-refractivity contribution >= 4 is 35.0 Å². The van der Waals surface area contributed by atoms with Crippen LogP contribution < -0.4 is 10.1 Å². The highest BCUT2D eigenvalue weighted by molar-refractivity contribution is 7.99. The topological polar surface area (TPSA) is 41.5 Å². The number of thioether (sulfide) groups is 1. The minimum Gasteiger partial charge on any atom is -0.488 e. The number of hydrogen-bond donors (Lipinski definition) is 2. The van der Waals surface area contributed by atoms with Gasteiger partial charge in [-0.05, 0) is 48.9 Å². The molecule has 21 heavy (non-hydrogen) atoms. The lowest BCUT2D eigenvalue weighted by atomic mass is 10.0. The molecular weight excluding hydrogens is 329 g/mol. The maximum Gasteiger partial charge on any atom is 0.156 e. The Hall–Kier alpha value is -0.130. The zero-order valence-corrected chi connectivity index (χ0v) is 14.2. The Kier molecular flexibility index (Phi) is 7.47. The smallest absolute Gasteiger partial charge is 0.156 e. The number of halogens is 2. The summed E-state index contributed by atoms with van der Waals surface area (Å²) in [4.78, 5) is 0. The standard InChI is InChI=1S/C15H21Cl2NO2S/c16-13-2-1-3-14(17)15(13)20-10-12(19)9-18-8-11-4-6-21-7-5-11/h1-3,11-12,18-19H,4-10H2. The Morgan fingerprint density at radius 2 is 1.95 bits per heavy atom. The predicted molar refractivity (Wildman–Crippen MR) is 90.9 cm³/mol. The number of hydrogen-bond acceptors (Lipinski definition) is 4. The highest BCUT2D eigenvalue weighted by Crippen LogP contribution is 2.32. The quantitative estimate of drug-likeness (QED) is 0.790. The highest BCUT2D eigenvalue weighted by Gasteiger charge is 2.14. The van der Waals surface area contributed by atoms with Gasteiger partial charge in [0.25, 0.3) is 0 Å². The van der Waals surface area contributed by atoms with Gasteiger partial charge in [-0.3, -0.25) is 0 Å². The summed E-state index contributed by atoms with van der Waals surface area (Å²) in [6.45, 7) is 1.66. The predicted octanol–water partition coefficient (Wildman–Crippen LogP) is 3.47. The summed E-state index contributed by atoms with van der Waals surface area (Å²) >= 11 is 14.0. The number of aliphatic hydroxyl groups is 1. The van der Waals surface area contributed by atoms with Gasteiger partial charge in [-0.25, -0.2) is 0 Å². The second-order valence-electron chi connectivity index (χ2n) is 5.23. The summed E-state index contributed by atoms with van der Waals surface area (Å²) < 4.78 is 5.51. The monoisotopic (exact) mass is 349 g/mol. The molecule has 0 spiro atoms. The van der Waals surface area contributed by atoms with Crippen molar-refractivity contribution in [3.63, 3.8) is 0 Å². The van der Waals surface area contributed by atoms with Gasteiger partial charge in [-0.15, -0.1) is 0 Å². The van der Waals surface area contributed by atoms with E-state index in [1.807, 2.05) is 11.8 Å². The van der Waals surface area contributed by atoms with E-state index in [9.17, 15) is 5.11 Å². The van der Waals surface area contributed by atoms with Crippen LogP contribution in [0, 0.1) is 5.92 Å². The molecule has 0 aliphatic carbocycles. The number of aliphatic hydroxyl groups excluding tert-OH is 1. The Morgan fingerprint density at radius 1 is 1.29 bits per heavy atom. The average Bonchev–Trinajstić information content (AvgIpc) is 2.48. The third kappa shape index (κ3) is 5.87. The number of ether oxygens (including phenoxy) is 1. The Morgan fingerprint density at radius 3 is 2.62 bits per heavy atom. The second kappa shape index (κ2) is 9.11. The lowest BCUT2D eigenvalue weighted by Crippen LogP contribution is -2.35. The van der Waals surface area contributed by atoms with Crippen molar-refractivity contribution in [2.24, 2.45) is 5.92 Å². The zero-order valence-electron chi connectivity index (χ0n) is 11.9. The molecule has 0 amide bonds. The molecule has 118 valence electrons. The molecule has 1 heterocycles. The zero-order chi connectivity index (χ0) is 15.1. The molecule has 1 aliphatic heterocycles. The first-order valence-corrected chi connectivity index (χ1v) is 9.11. The van der Waals surface area contributed by atoms with Gasteiger partial charge in [-0.2, -0.15) is 11.8 Å². The molecule has 1 aromatic carbocycles. The largest absolute Gasteiger partial charge is 0.488 e. The molecule has 0 saturated carbocycles. The molecule has 1 aliphatic rings. The van der Waals surface area contributed by atoms with Crippen molar-refractivity contribution in [1.29, 1.82) is 0 Å². The molecule has 6 heteroatoms. The van der Waals surface area contributed by atoms with Gasteiger partial charge in [0.15, 0.2) is 5.75 Å². The van der Waals surface area contributed by atoms with E-state index in [0.717, 1.165) is 12.5 Å². The van der Waals surface area contributed by atoms with E-state index in [0.29, 0.717) is 22.3 Å². The van der Waals surface area contributed by atoms with E-state index < -0.39 is 6.10 Å². The minimum absolute atomic E-state index is 0.178. The molecule has 1 saturated heterocycles. The molecule has 1 fully saturated rings. The maximum atomic E-state index is 9.94. The summed E-state index contributed by atoms with van der Waals surface area (Å²) in [7, 11) is 0. The van der Waals surface area contributed by atoms with Crippen LogP contribution >= 0.6 is 35.0 Å². The number of benzene rings is 1. The fraction of sp³-hybridized carbons (Fsp3) is 0.600. The third-order valence-corrected chi connectivity index (χ3v) is 5.14. The van der Waals surface area contributed by atoms with Crippen molar-refractivity contribution in [3.05, 3.63) is 28.2 Å². The number of rotatable bonds is 7. The molecule has 1 atom stereocenters. The summed E-state index contributed by atoms with van der Waals surface area (Å²) in [5.41, 5.74) is 0.